The summed E-state index contributed by atoms with van der Waals surface area (Å²) in [5.41, 5.74) is 12.6. The van der Waals surface area contributed by atoms with Gasteiger partial charge in [-0.15, -0.1) is 0 Å². The van der Waals surface area contributed by atoms with Crippen molar-refractivity contribution in [2.75, 3.05) is 53.6 Å². The lowest BCUT2D eigenvalue weighted by Crippen LogP contribution is -2.42. The second-order valence-electron chi connectivity index (χ2n) is 23.8. The van der Waals surface area contributed by atoms with E-state index in [1.54, 1.807) is 48.5 Å². The maximum absolute atomic E-state index is 13.6. The van der Waals surface area contributed by atoms with Crippen LogP contribution in [0.3, 0.4) is 0 Å². The number of nitrogens with two attached hydrogens (primary N) is 1. The van der Waals surface area contributed by atoms with Crippen LogP contribution in [0.1, 0.15) is 115 Å². The number of nitrogens with one attached hydrogen (secondary N) is 5. The third-order valence-electron chi connectivity index (χ3n) is 16.6. The number of carbonyl (C=O) groups excluding carboxylic acids is 3. The molecule has 1 aliphatic carbocycles. The van der Waals surface area contributed by atoms with Crippen LogP contribution in [0.5, 0.6) is 0 Å². The third-order valence-corrected chi connectivity index (χ3v) is 19.9. The summed E-state index contributed by atoms with van der Waals surface area (Å²) >= 11 is 0. The Labute approximate surface area is 558 Å². The molecule has 0 unspecified atom stereocenters. The van der Waals surface area contributed by atoms with E-state index >= 15 is 0 Å². The predicted octanol–water partition coefficient (Wildman–Crippen LogP) is 5.69. The van der Waals surface area contributed by atoms with E-state index in [4.69, 9.17) is 5.73 Å². The summed E-state index contributed by atoms with van der Waals surface area (Å²) in [6.07, 6.45) is 11.4. The first-order valence-electron chi connectivity index (χ1n) is 30.6. The maximum atomic E-state index is 13.6. The summed E-state index contributed by atoms with van der Waals surface area (Å²) in [5.74, 6) is -4.14. The quantitative estimate of drug-likeness (QED) is 0.0153. The van der Waals surface area contributed by atoms with Crippen molar-refractivity contribution >= 4 is 110 Å². The molecule has 4 heterocycles. The van der Waals surface area contributed by atoms with E-state index in [1.165, 1.54) is 42.6 Å². The number of carboxylic acid groups (broad SMARTS) is 1. The predicted molar refractivity (Wildman–Crippen MR) is 360 cm³/mol. The van der Waals surface area contributed by atoms with Crippen LogP contribution >= 0.6 is 0 Å². The number of H-pyrrole nitrogens is 1. The number of nitrogens with zero attached hydrogens (tertiary/aromatic N) is 5. The Morgan fingerprint density at radius 1 is 0.763 bits per heavy atom. The monoisotopic (exact) mass is 1410 g/mol. The lowest BCUT2D eigenvalue weighted by atomic mass is 9.81. The third kappa shape index (κ3) is 18.6. The van der Waals surface area contributed by atoms with Gasteiger partial charge in [0.05, 0.1) is 46.2 Å². The largest absolute Gasteiger partial charge is 0.480 e. The second-order valence-corrected chi connectivity index (χ2v) is 29.8. The molecule has 29 nitrogen and oxygen atoms in total. The normalized spacial score (nSPS) is 16.0. The first-order valence-corrected chi connectivity index (χ1v) is 36.7. The number of allylic oxidation sites excluding steroid dienone is 8. The van der Waals surface area contributed by atoms with E-state index in [9.17, 15) is 81.0 Å². The van der Waals surface area contributed by atoms with Gasteiger partial charge in [0.25, 0.3) is 57.8 Å². The fourth-order valence-electron chi connectivity index (χ4n) is 11.8. The van der Waals surface area contributed by atoms with Gasteiger partial charge >= 0.3 is 5.97 Å². The smallest absolute Gasteiger partial charge is 0.326 e. The topological polar surface area (TPSA) is 458 Å². The Kier molecular flexibility index (Phi) is 22.2. The minimum Gasteiger partial charge on any atom is -0.480 e. The number of aromatic nitrogens is 4. The first-order chi connectivity index (χ1) is 45.7. The highest BCUT2D eigenvalue weighted by Gasteiger charge is 2.41. The van der Waals surface area contributed by atoms with Gasteiger partial charge in [-0.1, -0.05) is 38.1 Å². The molecule has 2 aromatic heterocycles. The molecule has 12 N–H and O–H groups in total. The molecule has 514 valence electrons. The Morgan fingerprint density at radius 3 is 2.09 bits per heavy atom. The van der Waals surface area contributed by atoms with Gasteiger partial charge in [-0.05, 0) is 146 Å². The zero-order valence-electron chi connectivity index (χ0n) is 52.6. The molecule has 0 saturated heterocycles. The molecule has 3 aliphatic rings. The molecule has 33 heteroatoms. The lowest BCUT2D eigenvalue weighted by Gasteiger charge is -2.28. The number of carboxylic acids is 1. The van der Waals surface area contributed by atoms with E-state index in [1.807, 2.05) is 47.6 Å². The average molecular weight is 1410 g/mol. The second kappa shape index (κ2) is 30.0. The van der Waals surface area contributed by atoms with Crippen molar-refractivity contribution in [2.24, 2.45) is 0 Å². The number of unbranched alkanes of at least 4 members (excludes halogenated alkanes) is 2. The summed E-state index contributed by atoms with van der Waals surface area (Å²) in [6.45, 7) is 4.42. The fourth-order valence-corrected chi connectivity index (χ4v) is 14.0. The summed E-state index contributed by atoms with van der Waals surface area (Å²) < 4.78 is 137. The molecule has 1 atom stereocenters. The van der Waals surface area contributed by atoms with Crippen LogP contribution in [0, 0.1) is 0 Å². The van der Waals surface area contributed by atoms with Crippen molar-refractivity contribution in [3.8, 4) is 0 Å². The van der Waals surface area contributed by atoms with Crippen molar-refractivity contribution in [2.45, 2.75) is 106 Å². The summed E-state index contributed by atoms with van der Waals surface area (Å²) in [5, 5.41) is 20.9. The van der Waals surface area contributed by atoms with E-state index in [0.717, 1.165) is 16.7 Å². The molecule has 9 rings (SSSR count). The highest BCUT2D eigenvalue weighted by atomic mass is 32.2. The van der Waals surface area contributed by atoms with Crippen LogP contribution in [0.15, 0.2) is 147 Å². The van der Waals surface area contributed by atoms with Crippen molar-refractivity contribution in [1.29, 1.82) is 0 Å². The number of aliphatic carboxylic acids is 1. The highest BCUT2D eigenvalue weighted by molar-refractivity contribution is 7.86. The maximum Gasteiger partial charge on any atom is 0.326 e. The SMILES string of the molecule is CC1(C)/C(=C\C=C2/CCCC(/C=C/C3=[N+](CCCCS(=O)(=O)O)c4ccc(S(=O)(=O)O)cc4C3)=C2c2ccc(C(=O)NCCNC(=O)CC[C@H](NC(=O)c3ccc(NCc4cnc5nc(N)[nH]c(=O)c5n4)cc3)C(=O)O)cc2)N(CCCCS(=O)(=O)O)c2ccc(S(=O)(=O)O)cc21. The van der Waals surface area contributed by atoms with Crippen molar-refractivity contribution in [3.05, 3.63) is 176 Å². The fraction of sp³-hybridized carbons (Fsp3) is 0.328. The average Bonchev–Trinajstić information content (AvgIpc) is 1.60. The number of carbonyl (C=O) groups is 4. The minimum absolute atomic E-state index is 0.00693. The molecule has 2 aliphatic heterocycles. The van der Waals surface area contributed by atoms with Crippen LogP contribution < -0.4 is 37.5 Å². The summed E-state index contributed by atoms with van der Waals surface area (Å²) in [6, 6.07) is 19.9. The Balaban J connectivity index is 0.901. The number of hydrogen-bond acceptors (Lipinski definition) is 19. The van der Waals surface area contributed by atoms with E-state index in [0.29, 0.717) is 83.0 Å². The Morgan fingerprint density at radius 2 is 1.41 bits per heavy atom. The number of rotatable bonds is 29. The van der Waals surface area contributed by atoms with E-state index < -0.39 is 92.7 Å². The van der Waals surface area contributed by atoms with Gasteiger partial charge in [-0.3, -0.25) is 42.4 Å². The number of hydrogen-bond donors (Lipinski definition) is 11. The molecule has 6 aromatic rings. The van der Waals surface area contributed by atoms with Gasteiger partial charge < -0.3 is 37.0 Å². The first kappa shape index (κ1) is 71.9. The number of nitrogen functional groups attached to an aromatic ring is 1. The Hall–Kier alpha value is -9.35. The molecule has 3 amide bonds. The highest BCUT2D eigenvalue weighted by Crippen LogP contribution is 2.49. The van der Waals surface area contributed by atoms with Crippen molar-refractivity contribution < 1.29 is 80.7 Å². The molecule has 4 aromatic carbocycles. The van der Waals surface area contributed by atoms with Gasteiger partial charge in [0, 0.05) is 83.8 Å². The molecule has 0 fully saturated rings. The minimum atomic E-state index is -4.62. The van der Waals surface area contributed by atoms with Gasteiger partial charge in [0.15, 0.2) is 16.9 Å². The van der Waals surface area contributed by atoms with Gasteiger partial charge in [-0.2, -0.15) is 43.2 Å². The van der Waals surface area contributed by atoms with Gasteiger partial charge in [0.1, 0.15) is 12.6 Å². The zero-order chi connectivity index (χ0) is 70.2. The van der Waals surface area contributed by atoms with Crippen LogP contribution in [0.2, 0.25) is 0 Å². The molecular weight excluding hydrogens is 1340 g/mol. The number of anilines is 3. The zero-order valence-corrected chi connectivity index (χ0v) is 55.8. The van der Waals surface area contributed by atoms with E-state index in [2.05, 4.69) is 41.2 Å². The lowest BCUT2D eigenvalue weighted by molar-refractivity contribution is -0.437. The van der Waals surface area contributed by atoms with Crippen LogP contribution in [-0.4, -0.2) is 155 Å². The van der Waals surface area contributed by atoms with Crippen LogP contribution in [-0.2, 0) is 68.4 Å². The van der Waals surface area contributed by atoms with Crippen molar-refractivity contribution in [3.63, 3.8) is 0 Å². The molecule has 0 radical (unpaired) electrons. The molecule has 0 saturated carbocycles. The molecule has 0 spiro atoms. The standard InChI is InChI=1S/C64H71N11O18S4/c1-64(2)50-36-49(97(91,92)93)22-25-53(50)75(31-4-6-33-95(85,86)87)54(64)26-17-40-9-7-8-39(16-20-47-34-44-35-48(96(88,89)90)21-24-52(44)74(47)30-3-5-32-94(82,83)84)56(40)41-10-12-42(13-11-41)59(77)67-29-28-66-55(76)27-23-51(62(80)81)71-60(78)43-14-18-45(19-15-43)68-37-46-38-69-58-57(70-46)61(79)73-63(65)72-58/h10-22,24-26,35-36,38,51H,3-9,23,27-34,37H2,1-2H3,(H11-,65,66,67,68,69,71,72,73,76,77,78,79,80,81,82,83,84,85,86,87,88,89,90,91,92,93)/p+1/t51-/m0/s1. The van der Waals surface area contributed by atoms with Gasteiger partial charge in [0.2, 0.25) is 17.5 Å². The van der Waals surface area contributed by atoms with E-state index in [-0.39, 0.29) is 103 Å². The van der Waals surface area contributed by atoms with Crippen LogP contribution in [0.25, 0.3) is 16.7 Å². The number of amides is 3. The van der Waals surface area contributed by atoms with Crippen molar-refractivity contribution in [1.82, 2.24) is 35.9 Å². The summed E-state index contributed by atoms with van der Waals surface area (Å²) in [4.78, 5) is 80.2. The Bertz CT molecular complexity index is 4800. The van der Waals surface area contributed by atoms with Gasteiger partial charge in [-0.25, -0.2) is 14.8 Å². The summed E-state index contributed by atoms with van der Waals surface area (Å²) in [7, 11) is -17.7. The number of benzene rings is 4. The van der Waals surface area contributed by atoms with Crippen LogP contribution in [0.4, 0.5) is 23.0 Å². The molecular formula is C64H72N11O18S4+. The molecule has 0 bridgehead atoms. The molecule has 97 heavy (non-hydrogen) atoms. The number of fused-ring (bicyclic) bond motifs is 3. The number of aromatic amines is 1.